The van der Waals surface area contributed by atoms with Crippen LogP contribution in [0.5, 0.6) is 0 Å². The summed E-state index contributed by atoms with van der Waals surface area (Å²) in [5, 5.41) is 1.45. The van der Waals surface area contributed by atoms with E-state index in [-0.39, 0.29) is 0 Å². The molecule has 0 saturated carbocycles. The van der Waals surface area contributed by atoms with E-state index >= 15 is 0 Å². The average molecular weight is 328 g/mol. The van der Waals surface area contributed by atoms with Crippen LogP contribution < -0.4 is 0 Å². The van der Waals surface area contributed by atoms with Crippen molar-refractivity contribution in [2.75, 3.05) is 13.1 Å². The molecule has 0 N–H and O–H groups in total. The third-order valence-corrected chi connectivity index (χ3v) is 6.06. The van der Waals surface area contributed by atoms with Crippen LogP contribution in [0.15, 0.2) is 18.2 Å². The molecule has 1 unspecified atom stereocenters. The van der Waals surface area contributed by atoms with Crippen molar-refractivity contribution >= 4 is 23.2 Å². The van der Waals surface area contributed by atoms with E-state index in [0.29, 0.717) is 16.9 Å². The Labute approximate surface area is 139 Å². The lowest BCUT2D eigenvalue weighted by Gasteiger charge is -2.49. The van der Waals surface area contributed by atoms with Crippen LogP contribution in [0, 0.1) is 10.8 Å². The molecule has 1 saturated heterocycles. The first-order chi connectivity index (χ1) is 9.62. The first-order valence-electron chi connectivity index (χ1n) is 7.82. The van der Waals surface area contributed by atoms with Gasteiger partial charge in [-0.1, -0.05) is 50.9 Å². The summed E-state index contributed by atoms with van der Waals surface area (Å²) in [6.07, 6.45) is 2.49. The van der Waals surface area contributed by atoms with Gasteiger partial charge in [-0.05, 0) is 67.4 Å². The molecule has 1 aromatic rings. The molecule has 118 valence electrons. The maximum atomic E-state index is 6.14. The number of piperidine rings is 1. The van der Waals surface area contributed by atoms with Crippen molar-refractivity contribution in [1.82, 2.24) is 4.90 Å². The zero-order valence-electron chi connectivity index (χ0n) is 13.8. The Morgan fingerprint density at radius 2 is 1.52 bits per heavy atom. The van der Waals surface area contributed by atoms with Crippen LogP contribution in [0.1, 0.15) is 59.1 Å². The fourth-order valence-electron chi connectivity index (χ4n) is 3.18. The van der Waals surface area contributed by atoms with Crippen LogP contribution in [0.3, 0.4) is 0 Å². The molecule has 1 aliphatic rings. The highest BCUT2D eigenvalue weighted by Crippen LogP contribution is 2.47. The van der Waals surface area contributed by atoms with Gasteiger partial charge in [0.05, 0.1) is 0 Å². The number of rotatable bonds is 2. The lowest BCUT2D eigenvalue weighted by Crippen LogP contribution is -2.45. The van der Waals surface area contributed by atoms with E-state index in [4.69, 9.17) is 23.2 Å². The van der Waals surface area contributed by atoms with Crippen molar-refractivity contribution < 1.29 is 0 Å². The van der Waals surface area contributed by atoms with Gasteiger partial charge in [-0.25, -0.2) is 0 Å². The van der Waals surface area contributed by atoms with Crippen LogP contribution in [0.4, 0.5) is 0 Å². The summed E-state index contributed by atoms with van der Waals surface area (Å²) >= 11 is 12.3. The quantitative estimate of drug-likeness (QED) is 0.624. The van der Waals surface area contributed by atoms with Crippen LogP contribution in [-0.2, 0) is 0 Å². The second kappa shape index (κ2) is 6.10. The summed E-state index contributed by atoms with van der Waals surface area (Å²) in [5.74, 6) is 0. The Bertz CT molecular complexity index is 476. The van der Waals surface area contributed by atoms with Gasteiger partial charge in [-0.15, -0.1) is 0 Å². The maximum absolute atomic E-state index is 6.14. The van der Waals surface area contributed by atoms with E-state index in [1.807, 2.05) is 12.1 Å². The maximum Gasteiger partial charge on any atom is 0.0424 e. The summed E-state index contributed by atoms with van der Waals surface area (Å²) in [4.78, 5) is 2.55. The highest BCUT2D eigenvalue weighted by atomic mass is 35.5. The Hall–Kier alpha value is -0.240. The molecule has 0 aromatic heterocycles. The Kier molecular flexibility index (Phi) is 4.97. The van der Waals surface area contributed by atoms with Crippen LogP contribution >= 0.6 is 23.2 Å². The van der Waals surface area contributed by atoms with Gasteiger partial charge < -0.3 is 0 Å². The number of nitrogens with zero attached hydrogens (tertiary/aromatic N) is 1. The van der Waals surface area contributed by atoms with Crippen molar-refractivity contribution in [2.24, 2.45) is 10.8 Å². The van der Waals surface area contributed by atoms with Gasteiger partial charge in [-0.2, -0.15) is 0 Å². The van der Waals surface area contributed by atoms with Gasteiger partial charge >= 0.3 is 0 Å². The number of hydrogen-bond donors (Lipinski definition) is 0. The van der Waals surface area contributed by atoms with Crippen molar-refractivity contribution in [2.45, 2.75) is 53.5 Å². The van der Waals surface area contributed by atoms with Gasteiger partial charge in [0.15, 0.2) is 0 Å². The third kappa shape index (κ3) is 3.75. The zero-order valence-corrected chi connectivity index (χ0v) is 15.4. The van der Waals surface area contributed by atoms with Crippen molar-refractivity contribution in [3.8, 4) is 0 Å². The zero-order chi connectivity index (χ0) is 15.8. The Balaban J connectivity index is 2.08. The van der Waals surface area contributed by atoms with E-state index in [0.717, 1.165) is 23.1 Å². The molecule has 1 atom stereocenters. The molecule has 0 radical (unpaired) electrons. The summed E-state index contributed by atoms with van der Waals surface area (Å²) in [5.41, 5.74) is 2.00. The SMILES string of the molecule is CC(c1cc(Cl)cc(Cl)c1)N1CCC(C)(C(C)(C)C)CC1. The van der Waals surface area contributed by atoms with Gasteiger partial charge in [0, 0.05) is 16.1 Å². The Morgan fingerprint density at radius 1 is 1.05 bits per heavy atom. The molecule has 1 heterocycles. The lowest BCUT2D eigenvalue weighted by atomic mass is 9.62. The van der Waals surface area contributed by atoms with Gasteiger partial charge in [-0.3, -0.25) is 4.90 Å². The topological polar surface area (TPSA) is 3.24 Å². The lowest BCUT2D eigenvalue weighted by molar-refractivity contribution is 0.00937. The molecular weight excluding hydrogens is 301 g/mol. The summed E-state index contributed by atoms with van der Waals surface area (Å²) in [7, 11) is 0. The number of halogens is 2. The minimum Gasteiger partial charge on any atom is -0.297 e. The molecule has 1 aromatic carbocycles. The molecule has 1 fully saturated rings. The first-order valence-corrected chi connectivity index (χ1v) is 8.58. The molecule has 0 amide bonds. The monoisotopic (exact) mass is 327 g/mol. The molecule has 1 aliphatic heterocycles. The fourth-order valence-corrected chi connectivity index (χ4v) is 3.72. The largest absolute Gasteiger partial charge is 0.297 e. The molecule has 1 nitrogen and oxygen atoms in total. The molecule has 0 spiro atoms. The fraction of sp³-hybridized carbons (Fsp3) is 0.667. The van der Waals surface area contributed by atoms with E-state index < -0.39 is 0 Å². The summed E-state index contributed by atoms with van der Waals surface area (Å²) in [6, 6.07) is 6.24. The smallest absolute Gasteiger partial charge is 0.0424 e. The minimum absolute atomic E-state index is 0.363. The molecule has 2 rings (SSSR count). The van der Waals surface area contributed by atoms with Crippen LogP contribution in [-0.4, -0.2) is 18.0 Å². The molecule has 0 aliphatic carbocycles. The number of benzene rings is 1. The normalized spacial score (nSPS) is 21.3. The van der Waals surface area contributed by atoms with E-state index in [1.54, 1.807) is 6.07 Å². The molecule has 0 bridgehead atoms. The number of likely N-dealkylation sites (tertiary alicyclic amines) is 1. The second-order valence-corrected chi connectivity index (χ2v) is 8.60. The summed E-state index contributed by atoms with van der Waals surface area (Å²) < 4.78 is 0. The van der Waals surface area contributed by atoms with Gasteiger partial charge in [0.2, 0.25) is 0 Å². The molecule has 3 heteroatoms. The average Bonchev–Trinajstić information content (AvgIpc) is 2.36. The van der Waals surface area contributed by atoms with Gasteiger partial charge in [0.25, 0.3) is 0 Å². The molecule has 21 heavy (non-hydrogen) atoms. The minimum atomic E-state index is 0.363. The standard InChI is InChI=1S/C18H27Cl2N/c1-13(14-10-15(19)12-16(20)11-14)21-8-6-18(5,7-9-21)17(2,3)4/h10-13H,6-9H2,1-5H3. The van der Waals surface area contributed by atoms with Crippen molar-refractivity contribution in [1.29, 1.82) is 0 Å². The number of hydrogen-bond acceptors (Lipinski definition) is 1. The molecular formula is C18H27Cl2N. The second-order valence-electron chi connectivity index (χ2n) is 7.73. The van der Waals surface area contributed by atoms with E-state index in [9.17, 15) is 0 Å². The predicted octanol–water partition coefficient (Wildman–Crippen LogP) is 6.20. The first kappa shape index (κ1) is 17.1. The predicted molar refractivity (Wildman–Crippen MR) is 93.2 cm³/mol. The van der Waals surface area contributed by atoms with Crippen molar-refractivity contribution in [3.05, 3.63) is 33.8 Å². The van der Waals surface area contributed by atoms with Gasteiger partial charge in [0.1, 0.15) is 0 Å². The highest BCUT2D eigenvalue weighted by molar-refractivity contribution is 6.34. The summed E-state index contributed by atoms with van der Waals surface area (Å²) in [6.45, 7) is 14.1. The van der Waals surface area contributed by atoms with Crippen molar-refractivity contribution in [3.63, 3.8) is 0 Å². The third-order valence-electron chi connectivity index (χ3n) is 5.63. The van der Waals surface area contributed by atoms with Crippen LogP contribution in [0.25, 0.3) is 0 Å². The Morgan fingerprint density at radius 3 is 1.95 bits per heavy atom. The van der Waals surface area contributed by atoms with E-state index in [1.165, 1.54) is 18.4 Å². The highest BCUT2D eigenvalue weighted by Gasteiger charge is 2.40. The van der Waals surface area contributed by atoms with Crippen LogP contribution in [0.2, 0.25) is 10.0 Å². The van der Waals surface area contributed by atoms with E-state index in [2.05, 4.69) is 39.5 Å².